The molecule has 0 amide bonds. The number of tetrazole rings is 1. The van der Waals surface area contributed by atoms with E-state index < -0.39 is 17.8 Å². The molecule has 0 aliphatic heterocycles. The minimum absolute atomic E-state index is 0. The van der Waals surface area contributed by atoms with Gasteiger partial charge in [-0.15, -0.1) is 22.6 Å². The molecule has 0 fully saturated rings. The molecule has 1 aromatic carbocycles. The second-order valence-electron chi connectivity index (χ2n) is 6.01. The molecule has 0 radical (unpaired) electrons. The van der Waals surface area contributed by atoms with Crippen LogP contribution in [0.1, 0.15) is 12.0 Å². The van der Waals surface area contributed by atoms with Crippen molar-refractivity contribution < 1.29 is 19.0 Å². The SMILES string of the molecule is Cl.N[C@@H](CC(=O)O)Cn1nnc(-c2ccc(OCCc3cncnc3)cc2F)n1. The zero-order valence-corrected chi connectivity index (χ0v) is 16.0. The number of rotatable bonds is 9. The molecule has 0 aliphatic rings. The van der Waals surface area contributed by atoms with E-state index in [9.17, 15) is 9.18 Å². The van der Waals surface area contributed by atoms with Crippen LogP contribution in [0, 0.1) is 5.82 Å². The third kappa shape index (κ3) is 6.43. The number of nitrogens with two attached hydrogens (primary N) is 1. The Morgan fingerprint density at radius 3 is 2.76 bits per heavy atom. The van der Waals surface area contributed by atoms with E-state index in [4.69, 9.17) is 15.6 Å². The maximum atomic E-state index is 14.4. The van der Waals surface area contributed by atoms with Crippen LogP contribution in [0.2, 0.25) is 0 Å². The molecule has 2 heterocycles. The number of carboxylic acids is 1. The van der Waals surface area contributed by atoms with Gasteiger partial charge in [0.05, 0.1) is 25.1 Å². The molecule has 1 atom stereocenters. The van der Waals surface area contributed by atoms with Gasteiger partial charge in [0.1, 0.15) is 17.9 Å². The fraction of sp³-hybridized carbons (Fsp3) is 0.294. The smallest absolute Gasteiger partial charge is 0.304 e. The number of benzene rings is 1. The zero-order chi connectivity index (χ0) is 19.9. The van der Waals surface area contributed by atoms with Crippen molar-refractivity contribution >= 4 is 18.4 Å². The van der Waals surface area contributed by atoms with E-state index in [1.54, 1.807) is 18.5 Å². The second kappa shape index (κ2) is 10.4. The van der Waals surface area contributed by atoms with E-state index in [1.165, 1.54) is 18.5 Å². The highest BCUT2D eigenvalue weighted by molar-refractivity contribution is 5.85. The second-order valence-corrected chi connectivity index (χ2v) is 6.01. The Kier molecular flexibility index (Phi) is 7.92. The van der Waals surface area contributed by atoms with Crippen LogP contribution >= 0.6 is 12.4 Å². The average Bonchev–Trinajstić information content (AvgIpc) is 3.10. The summed E-state index contributed by atoms with van der Waals surface area (Å²) in [5.41, 5.74) is 6.76. The number of halogens is 2. The summed E-state index contributed by atoms with van der Waals surface area (Å²) >= 11 is 0. The predicted octanol–water partition coefficient (Wildman–Crippen LogP) is 1.11. The molecule has 154 valence electrons. The Balaban J connectivity index is 0.00000300. The van der Waals surface area contributed by atoms with Gasteiger partial charge in [0, 0.05) is 30.9 Å². The third-order valence-corrected chi connectivity index (χ3v) is 3.74. The monoisotopic (exact) mass is 423 g/mol. The highest BCUT2D eigenvalue weighted by Gasteiger charge is 2.15. The lowest BCUT2D eigenvalue weighted by Gasteiger charge is -2.07. The van der Waals surface area contributed by atoms with Crippen LogP contribution in [0.5, 0.6) is 5.75 Å². The van der Waals surface area contributed by atoms with E-state index in [0.717, 1.165) is 10.4 Å². The maximum absolute atomic E-state index is 14.4. The third-order valence-electron chi connectivity index (χ3n) is 3.74. The van der Waals surface area contributed by atoms with E-state index in [0.29, 0.717) is 18.8 Å². The van der Waals surface area contributed by atoms with Crippen molar-refractivity contribution in [3.8, 4) is 17.1 Å². The molecule has 2 aromatic heterocycles. The predicted molar refractivity (Wildman–Crippen MR) is 102 cm³/mol. The average molecular weight is 424 g/mol. The maximum Gasteiger partial charge on any atom is 0.304 e. The van der Waals surface area contributed by atoms with E-state index >= 15 is 0 Å². The summed E-state index contributed by atoms with van der Waals surface area (Å²) in [7, 11) is 0. The molecule has 0 saturated heterocycles. The normalized spacial score (nSPS) is 11.5. The van der Waals surface area contributed by atoms with Crippen molar-refractivity contribution in [2.45, 2.75) is 25.4 Å². The highest BCUT2D eigenvalue weighted by Crippen LogP contribution is 2.23. The van der Waals surface area contributed by atoms with Crippen LogP contribution < -0.4 is 10.5 Å². The summed E-state index contributed by atoms with van der Waals surface area (Å²) in [5.74, 6) is -1.13. The number of aliphatic carboxylic acids is 1. The Hall–Kier alpha value is -3.18. The molecule has 0 saturated carbocycles. The lowest BCUT2D eigenvalue weighted by molar-refractivity contribution is -0.137. The molecule has 12 heteroatoms. The summed E-state index contributed by atoms with van der Waals surface area (Å²) in [4.78, 5) is 19.6. The summed E-state index contributed by atoms with van der Waals surface area (Å²) < 4.78 is 20.0. The van der Waals surface area contributed by atoms with E-state index in [2.05, 4.69) is 25.4 Å². The molecule has 10 nitrogen and oxygen atoms in total. The quantitative estimate of drug-likeness (QED) is 0.517. The summed E-state index contributed by atoms with van der Waals surface area (Å²) in [5, 5.41) is 20.3. The fourth-order valence-corrected chi connectivity index (χ4v) is 2.44. The molecule has 29 heavy (non-hydrogen) atoms. The molecular formula is C17H19ClFN7O3. The van der Waals surface area contributed by atoms with Gasteiger partial charge in [-0.2, -0.15) is 4.80 Å². The molecular weight excluding hydrogens is 405 g/mol. The van der Waals surface area contributed by atoms with Gasteiger partial charge in [0.2, 0.25) is 5.82 Å². The Morgan fingerprint density at radius 2 is 2.07 bits per heavy atom. The summed E-state index contributed by atoms with van der Waals surface area (Å²) in [6.07, 6.45) is 5.19. The van der Waals surface area contributed by atoms with Gasteiger partial charge in [-0.25, -0.2) is 14.4 Å². The van der Waals surface area contributed by atoms with Gasteiger partial charge in [0.15, 0.2) is 0 Å². The van der Waals surface area contributed by atoms with Crippen molar-refractivity contribution in [1.82, 2.24) is 30.2 Å². The summed E-state index contributed by atoms with van der Waals surface area (Å²) in [6.45, 7) is 0.410. The van der Waals surface area contributed by atoms with Gasteiger partial charge in [-0.1, -0.05) is 0 Å². The molecule has 0 bridgehead atoms. The number of hydrogen-bond donors (Lipinski definition) is 2. The first-order valence-electron chi connectivity index (χ1n) is 8.43. The number of carbonyl (C=O) groups is 1. The van der Waals surface area contributed by atoms with Gasteiger partial charge in [0.25, 0.3) is 0 Å². The molecule has 0 aliphatic carbocycles. The molecule has 3 rings (SSSR count). The van der Waals surface area contributed by atoms with Gasteiger partial charge < -0.3 is 15.6 Å². The Morgan fingerprint density at radius 1 is 1.31 bits per heavy atom. The minimum atomic E-state index is -1.02. The fourth-order valence-electron chi connectivity index (χ4n) is 2.44. The lowest BCUT2D eigenvalue weighted by atomic mass is 10.2. The van der Waals surface area contributed by atoms with Gasteiger partial charge in [-0.05, 0) is 22.9 Å². The number of ether oxygens (including phenoxy) is 1. The first kappa shape index (κ1) is 22.1. The topological polar surface area (TPSA) is 142 Å². The molecule has 3 N–H and O–H groups in total. The van der Waals surface area contributed by atoms with Crippen LogP contribution in [0.4, 0.5) is 4.39 Å². The Bertz CT molecular complexity index is 942. The van der Waals surface area contributed by atoms with Crippen molar-refractivity contribution in [2.75, 3.05) is 6.61 Å². The van der Waals surface area contributed by atoms with Gasteiger partial charge >= 0.3 is 5.97 Å². The van der Waals surface area contributed by atoms with Crippen LogP contribution in [0.3, 0.4) is 0 Å². The number of nitrogens with zero attached hydrogens (tertiary/aromatic N) is 6. The van der Waals surface area contributed by atoms with Crippen molar-refractivity contribution in [2.24, 2.45) is 5.73 Å². The van der Waals surface area contributed by atoms with Crippen LogP contribution in [0.25, 0.3) is 11.4 Å². The first-order valence-corrected chi connectivity index (χ1v) is 8.43. The Labute approximate surface area is 171 Å². The van der Waals surface area contributed by atoms with Crippen LogP contribution in [-0.2, 0) is 17.8 Å². The number of aromatic nitrogens is 6. The molecule has 0 spiro atoms. The van der Waals surface area contributed by atoms with Crippen LogP contribution in [0.15, 0.2) is 36.9 Å². The van der Waals surface area contributed by atoms with Crippen molar-refractivity contribution in [3.63, 3.8) is 0 Å². The molecule has 3 aromatic rings. The van der Waals surface area contributed by atoms with E-state index in [1.807, 2.05) is 0 Å². The van der Waals surface area contributed by atoms with Crippen molar-refractivity contribution in [1.29, 1.82) is 0 Å². The zero-order valence-electron chi connectivity index (χ0n) is 15.2. The first-order chi connectivity index (χ1) is 13.5. The van der Waals surface area contributed by atoms with E-state index in [-0.39, 0.29) is 36.8 Å². The largest absolute Gasteiger partial charge is 0.493 e. The minimum Gasteiger partial charge on any atom is -0.493 e. The lowest BCUT2D eigenvalue weighted by Crippen LogP contribution is -2.30. The number of carboxylic acid groups (broad SMARTS) is 1. The van der Waals surface area contributed by atoms with Gasteiger partial charge in [-0.3, -0.25) is 4.79 Å². The van der Waals surface area contributed by atoms with Crippen molar-refractivity contribution in [3.05, 3.63) is 48.3 Å². The summed E-state index contributed by atoms with van der Waals surface area (Å²) in [6, 6.07) is 3.68. The number of hydrogen-bond acceptors (Lipinski definition) is 8. The van der Waals surface area contributed by atoms with Crippen LogP contribution in [-0.4, -0.2) is 53.9 Å². The molecule has 0 unspecified atom stereocenters. The highest BCUT2D eigenvalue weighted by atomic mass is 35.5. The standard InChI is InChI=1S/C17H18FN7O3.ClH/c18-15-6-13(28-4-3-11-7-20-10-21-8-11)1-2-14(15)17-22-24-25(23-17)9-12(19)5-16(26)27;/h1-2,6-8,10,12H,3-5,9,19H2,(H,26,27);1H/t12-;/m0./s1.